The second-order valence-corrected chi connectivity index (χ2v) is 4.81. The number of nitrogens with one attached hydrogen (secondary N) is 1. The summed E-state index contributed by atoms with van der Waals surface area (Å²) < 4.78 is 2.44. The lowest BCUT2D eigenvalue weighted by Gasteiger charge is -2.12. The van der Waals surface area contributed by atoms with Gasteiger partial charge in [-0.2, -0.15) is 4.98 Å². The zero-order valence-corrected chi connectivity index (χ0v) is 10.4. The van der Waals surface area contributed by atoms with Crippen LogP contribution in [0.1, 0.15) is 12.5 Å². The van der Waals surface area contributed by atoms with Crippen molar-refractivity contribution in [3.05, 3.63) is 23.1 Å². The van der Waals surface area contributed by atoms with Gasteiger partial charge >= 0.3 is 0 Å². The van der Waals surface area contributed by atoms with E-state index in [1.807, 2.05) is 10.6 Å². The highest BCUT2D eigenvalue weighted by Crippen LogP contribution is 2.29. The second-order valence-electron chi connectivity index (χ2n) is 4.41. The summed E-state index contributed by atoms with van der Waals surface area (Å²) in [6.45, 7) is 0.162. The summed E-state index contributed by atoms with van der Waals surface area (Å²) >= 11 is 5.17. The van der Waals surface area contributed by atoms with Crippen LogP contribution in [0.3, 0.4) is 0 Å². The van der Waals surface area contributed by atoms with Crippen LogP contribution in [0, 0.1) is 10.6 Å². The smallest absolute Gasteiger partial charge is 0.200 e. The van der Waals surface area contributed by atoms with Gasteiger partial charge in [0.2, 0.25) is 5.95 Å². The molecule has 0 bridgehead atoms. The Hall–Kier alpha value is -1.73. The normalized spacial score (nSPS) is 22.9. The van der Waals surface area contributed by atoms with Crippen molar-refractivity contribution in [2.24, 2.45) is 5.92 Å². The van der Waals surface area contributed by atoms with Crippen LogP contribution < -0.4 is 5.73 Å². The topological polar surface area (TPSA) is 92.8 Å². The molecule has 0 aliphatic heterocycles. The highest BCUT2D eigenvalue weighted by molar-refractivity contribution is 7.71. The largest absolute Gasteiger partial charge is 0.396 e. The van der Waals surface area contributed by atoms with E-state index in [0.717, 1.165) is 6.42 Å². The Balaban J connectivity index is 2.09. The van der Waals surface area contributed by atoms with Gasteiger partial charge in [-0.3, -0.25) is 0 Å². The molecule has 2 aromatic heterocycles. The van der Waals surface area contributed by atoms with E-state index >= 15 is 0 Å². The number of aromatic amines is 1. The summed E-state index contributed by atoms with van der Waals surface area (Å²) in [4.78, 5) is 11.3. The Bertz CT molecular complexity index is 674. The van der Waals surface area contributed by atoms with E-state index in [1.54, 1.807) is 6.33 Å². The van der Waals surface area contributed by atoms with Crippen LogP contribution in [0.2, 0.25) is 0 Å². The minimum Gasteiger partial charge on any atom is -0.396 e. The highest BCUT2D eigenvalue weighted by atomic mass is 32.1. The van der Waals surface area contributed by atoms with Gasteiger partial charge in [0, 0.05) is 12.5 Å². The number of nitrogens with zero attached hydrogens (tertiary/aromatic N) is 3. The van der Waals surface area contributed by atoms with Gasteiger partial charge in [-0.05, 0) is 6.42 Å². The first-order chi connectivity index (χ1) is 8.69. The monoisotopic (exact) mass is 263 g/mol. The summed E-state index contributed by atoms with van der Waals surface area (Å²) in [5, 5.41) is 9.15. The van der Waals surface area contributed by atoms with Crippen molar-refractivity contribution in [3.8, 4) is 0 Å². The molecule has 2 atom stereocenters. The van der Waals surface area contributed by atoms with Crippen molar-refractivity contribution in [1.82, 2.24) is 19.5 Å². The standard InChI is InChI=1S/C11H13N5OS/c12-11-14-9-8(10(18)15-11)13-5-16(9)7-2-1-6(3-7)4-17/h1-2,5-7,17H,3-4H2,(H3,12,14,15,18). The summed E-state index contributed by atoms with van der Waals surface area (Å²) in [7, 11) is 0. The third kappa shape index (κ3) is 1.72. The Morgan fingerprint density at radius 3 is 3.11 bits per heavy atom. The minimum absolute atomic E-state index is 0.149. The third-order valence-electron chi connectivity index (χ3n) is 3.19. The molecule has 0 saturated carbocycles. The molecular formula is C11H13N5OS. The molecule has 2 aromatic rings. The molecule has 2 heterocycles. The Morgan fingerprint density at radius 2 is 2.39 bits per heavy atom. The molecule has 2 unspecified atom stereocenters. The van der Waals surface area contributed by atoms with E-state index in [9.17, 15) is 0 Å². The highest BCUT2D eigenvalue weighted by Gasteiger charge is 2.21. The zero-order chi connectivity index (χ0) is 12.7. The number of nitrogen functional groups attached to an aromatic ring is 1. The van der Waals surface area contributed by atoms with Gasteiger partial charge in [-0.15, -0.1) is 0 Å². The fraction of sp³-hybridized carbons (Fsp3) is 0.364. The van der Waals surface area contributed by atoms with Crippen LogP contribution >= 0.6 is 12.2 Å². The number of allylic oxidation sites excluding steroid dienone is 1. The summed E-state index contributed by atoms with van der Waals surface area (Å²) in [5.74, 6) is 0.484. The maximum absolute atomic E-state index is 9.15. The Morgan fingerprint density at radius 1 is 1.56 bits per heavy atom. The number of H-pyrrole nitrogens is 1. The molecule has 3 rings (SSSR count). The number of anilines is 1. The van der Waals surface area contributed by atoms with Gasteiger partial charge in [0.05, 0.1) is 12.4 Å². The minimum atomic E-state index is 0.149. The molecule has 7 heteroatoms. The van der Waals surface area contributed by atoms with E-state index in [-0.39, 0.29) is 24.5 Å². The zero-order valence-electron chi connectivity index (χ0n) is 9.58. The second kappa shape index (κ2) is 4.18. The van der Waals surface area contributed by atoms with Gasteiger partial charge in [-0.25, -0.2) is 4.98 Å². The lowest BCUT2D eigenvalue weighted by atomic mass is 10.1. The number of hydrogen-bond donors (Lipinski definition) is 3. The number of fused-ring (bicyclic) bond motifs is 1. The van der Waals surface area contributed by atoms with E-state index in [0.29, 0.717) is 15.8 Å². The van der Waals surface area contributed by atoms with Crippen LogP contribution in [0.4, 0.5) is 5.95 Å². The van der Waals surface area contributed by atoms with E-state index in [2.05, 4.69) is 21.0 Å². The molecular weight excluding hydrogens is 250 g/mol. The van der Waals surface area contributed by atoms with Gasteiger partial charge in [0.15, 0.2) is 5.65 Å². The maximum atomic E-state index is 9.15. The molecule has 0 radical (unpaired) electrons. The van der Waals surface area contributed by atoms with Crippen LogP contribution in [0.25, 0.3) is 11.2 Å². The third-order valence-corrected chi connectivity index (χ3v) is 3.49. The molecule has 18 heavy (non-hydrogen) atoms. The lowest BCUT2D eigenvalue weighted by molar-refractivity contribution is 0.244. The fourth-order valence-electron chi connectivity index (χ4n) is 2.28. The average molecular weight is 263 g/mol. The SMILES string of the molecule is Nc1nc2c(ncn2C2C=CC(CO)C2)c(=S)[nH]1. The van der Waals surface area contributed by atoms with Crippen molar-refractivity contribution in [2.75, 3.05) is 12.3 Å². The number of aliphatic hydroxyl groups excluding tert-OH is 1. The number of hydrogen-bond acceptors (Lipinski definition) is 5. The van der Waals surface area contributed by atoms with Crippen LogP contribution in [-0.4, -0.2) is 31.2 Å². The molecule has 1 aliphatic rings. The number of nitrogens with two attached hydrogens (primary N) is 1. The van der Waals surface area contributed by atoms with Crippen molar-refractivity contribution in [1.29, 1.82) is 0 Å². The average Bonchev–Trinajstić information content (AvgIpc) is 2.93. The summed E-state index contributed by atoms with van der Waals surface area (Å²) in [5.41, 5.74) is 7.01. The molecule has 0 fully saturated rings. The van der Waals surface area contributed by atoms with Crippen LogP contribution in [0.5, 0.6) is 0 Å². The molecule has 0 aromatic carbocycles. The van der Waals surface area contributed by atoms with Crippen molar-refractivity contribution < 1.29 is 5.11 Å². The predicted molar refractivity (Wildman–Crippen MR) is 70.5 cm³/mol. The van der Waals surface area contributed by atoms with Gasteiger partial charge in [0.25, 0.3) is 0 Å². The van der Waals surface area contributed by atoms with Gasteiger partial charge in [-0.1, -0.05) is 24.4 Å². The first-order valence-corrected chi connectivity index (χ1v) is 6.11. The molecule has 0 amide bonds. The maximum Gasteiger partial charge on any atom is 0.200 e. The first-order valence-electron chi connectivity index (χ1n) is 5.70. The number of aliphatic hydroxyl groups is 1. The summed E-state index contributed by atoms with van der Waals surface area (Å²) in [6.07, 6.45) is 6.63. The Labute approximate surface area is 108 Å². The van der Waals surface area contributed by atoms with Crippen molar-refractivity contribution in [2.45, 2.75) is 12.5 Å². The molecule has 0 spiro atoms. The first kappa shape index (κ1) is 11.4. The molecule has 0 saturated heterocycles. The number of rotatable bonds is 2. The number of imidazole rings is 1. The van der Waals surface area contributed by atoms with E-state index in [4.69, 9.17) is 23.1 Å². The fourth-order valence-corrected chi connectivity index (χ4v) is 2.53. The number of aromatic nitrogens is 4. The quantitative estimate of drug-likeness (QED) is 0.559. The molecule has 4 N–H and O–H groups in total. The van der Waals surface area contributed by atoms with Crippen molar-refractivity contribution >= 4 is 29.3 Å². The van der Waals surface area contributed by atoms with Gasteiger partial charge < -0.3 is 20.4 Å². The molecule has 94 valence electrons. The van der Waals surface area contributed by atoms with Gasteiger partial charge in [0.1, 0.15) is 10.2 Å². The van der Waals surface area contributed by atoms with E-state index < -0.39 is 0 Å². The van der Waals surface area contributed by atoms with Crippen LogP contribution in [-0.2, 0) is 0 Å². The lowest BCUT2D eigenvalue weighted by Crippen LogP contribution is -2.08. The molecule has 1 aliphatic carbocycles. The van der Waals surface area contributed by atoms with Crippen LogP contribution in [0.15, 0.2) is 18.5 Å². The summed E-state index contributed by atoms with van der Waals surface area (Å²) in [6, 6.07) is 0.149. The van der Waals surface area contributed by atoms with E-state index in [1.165, 1.54) is 0 Å². The Kier molecular flexibility index (Phi) is 2.64. The predicted octanol–water partition coefficient (Wildman–Crippen LogP) is 1.18. The molecule has 6 nitrogen and oxygen atoms in total. The van der Waals surface area contributed by atoms with Crippen molar-refractivity contribution in [3.63, 3.8) is 0 Å².